The van der Waals surface area contributed by atoms with Gasteiger partial charge in [-0.25, -0.2) is 4.79 Å². The van der Waals surface area contributed by atoms with Crippen LogP contribution in [0.2, 0.25) is 10.0 Å². The summed E-state index contributed by atoms with van der Waals surface area (Å²) in [6.07, 6.45) is -7.66. The first-order valence-corrected chi connectivity index (χ1v) is 46.5. The summed E-state index contributed by atoms with van der Waals surface area (Å²) in [5.74, 6) is -15.3. The number of nitrogens with one attached hydrogen (secondary N) is 9. The lowest BCUT2D eigenvalue weighted by atomic mass is 9.51. The third-order valence-electron chi connectivity index (χ3n) is 26.0. The van der Waals surface area contributed by atoms with Crippen LogP contribution in [0.3, 0.4) is 0 Å². The minimum atomic E-state index is -2.24. The summed E-state index contributed by atoms with van der Waals surface area (Å²) < 4.78 is 38.9. The van der Waals surface area contributed by atoms with E-state index in [1.54, 1.807) is 19.1 Å². The Hall–Kier alpha value is -10.3. The summed E-state index contributed by atoms with van der Waals surface area (Å²) in [5, 5.41) is 121. The molecular formula is C96H122Cl2N10O23. The molecule has 4 aliphatic carbocycles. The maximum absolute atomic E-state index is 16.8. The Kier molecular flexibility index (Phi) is 33.4. The number of carbonyl (C=O) groups is 9. The van der Waals surface area contributed by atoms with E-state index in [0.717, 1.165) is 101 Å². The molecule has 10 aliphatic rings. The molecule has 0 unspecified atom stereocenters. The standard InChI is InChI=1S/C96H122Cl2N10O23/c1-7-19-100-22-11-12-60-74(126-25-23-101-20-8-2)40-58(41-75(60)127-26-24-102-21-9-3)103-96(125)104-79(115)39-57-36-69(112)83(107-91(121)50(10-4)27-47(5)6)85(116)52-14-17-72(65(97)34-52)128-76-37-56-38-77(90(76)131-95-89(120)88(119)87(118)78(46-99)130-95)129-73-18-15-53(35-66(73)98)86(117)84-94(124)106-82(71(114)44-61-54-29-48-28-49(31-54)32-55(61)30-48)64-42-59(109)43-68(111)80(64)63-33-51(13-16-67(63)110)62(93(123)108-84)45-70(113)81(56)105-92(57)122/h13-18,33-35,37-38,40-43,47-50,54-55,57,61-62,78,81-89,95,100-102,109-111,116-120H,7-12,19-32,36,39,44-46,99H2,1-6H3,(H,105,122)(H,106,124)(H,107,121)(H,108,123)(H2,103,104,115,125)/t48?,49?,50-,54?,55?,57+,61?,62-,78-,81-,82+,83+,84+,85-,86-,87-,88+,89-,95+/m1/s1. The van der Waals surface area contributed by atoms with Gasteiger partial charge in [-0.3, -0.25) is 43.7 Å². The van der Waals surface area contributed by atoms with Gasteiger partial charge in [-0.1, -0.05) is 82.9 Å². The minimum Gasteiger partial charge on any atom is -0.508 e. The Bertz CT molecular complexity index is 5090. The van der Waals surface area contributed by atoms with E-state index in [-0.39, 0.29) is 116 Å². The van der Waals surface area contributed by atoms with Crippen LogP contribution in [0, 0.1) is 47.3 Å². The second-order valence-corrected chi connectivity index (χ2v) is 36.9. The number of ketones is 3. The molecule has 14 atom stereocenters. The maximum Gasteiger partial charge on any atom is 0.325 e. The van der Waals surface area contributed by atoms with Crippen molar-refractivity contribution in [3.63, 3.8) is 0 Å². The molecule has 6 aromatic rings. The van der Waals surface area contributed by atoms with Crippen LogP contribution in [0.25, 0.3) is 11.1 Å². The van der Waals surface area contributed by atoms with E-state index < -0.39 is 198 Å². The van der Waals surface area contributed by atoms with Gasteiger partial charge < -0.3 is 118 Å². The van der Waals surface area contributed by atoms with E-state index in [1.165, 1.54) is 48.5 Å². The van der Waals surface area contributed by atoms with Crippen molar-refractivity contribution >= 4 is 81.8 Å². The fourth-order valence-electron chi connectivity index (χ4n) is 19.6. The third kappa shape index (κ3) is 23.5. The summed E-state index contributed by atoms with van der Waals surface area (Å²) in [4.78, 5) is 141. The number of anilines is 1. The molecule has 6 aromatic carbocycles. The monoisotopic (exact) mass is 1850 g/mol. The number of imide groups is 1. The zero-order valence-electron chi connectivity index (χ0n) is 74.4. The highest BCUT2D eigenvalue weighted by atomic mass is 35.5. The first-order valence-electron chi connectivity index (χ1n) is 45.7. The number of urea groups is 1. The topological polar surface area (TPSA) is 505 Å². The number of hydrogen-bond donors (Lipinski definition) is 18. The molecule has 0 aromatic heterocycles. The van der Waals surface area contributed by atoms with Crippen molar-refractivity contribution in [2.75, 3.05) is 64.3 Å². The number of benzene rings is 6. The lowest BCUT2D eigenvalue weighted by Gasteiger charge is -2.54. The largest absolute Gasteiger partial charge is 0.508 e. The number of amides is 7. The molecule has 4 saturated carbocycles. The van der Waals surface area contributed by atoms with E-state index in [2.05, 4.69) is 54.8 Å². The van der Waals surface area contributed by atoms with Crippen molar-refractivity contribution in [2.45, 2.75) is 217 Å². The van der Waals surface area contributed by atoms with E-state index in [4.69, 9.17) is 57.4 Å². The van der Waals surface area contributed by atoms with Crippen LogP contribution in [-0.2, 0) is 49.5 Å². The van der Waals surface area contributed by atoms with Gasteiger partial charge in [0.1, 0.15) is 114 Å². The molecule has 0 radical (unpaired) electrons. The number of rotatable bonds is 32. The first-order chi connectivity index (χ1) is 62.8. The maximum atomic E-state index is 16.8. The number of carbonyl (C=O) groups excluding carboxylic acids is 9. The van der Waals surface area contributed by atoms with Crippen LogP contribution >= 0.6 is 23.2 Å². The molecule has 708 valence electrons. The molecule has 1 saturated heterocycles. The molecule has 6 heterocycles. The molecule has 5 fully saturated rings. The number of hydrogen-bond acceptors (Lipinski definition) is 27. The Morgan fingerprint density at radius 3 is 1.79 bits per heavy atom. The Morgan fingerprint density at radius 2 is 1.21 bits per heavy atom. The average Bonchev–Trinajstić information content (AvgIpc) is 0.708. The van der Waals surface area contributed by atoms with Crippen molar-refractivity contribution in [2.24, 2.45) is 53.1 Å². The van der Waals surface area contributed by atoms with Crippen molar-refractivity contribution in [1.82, 2.24) is 42.5 Å². The van der Waals surface area contributed by atoms with Crippen molar-refractivity contribution in [3.8, 4) is 68.6 Å². The summed E-state index contributed by atoms with van der Waals surface area (Å²) in [5.41, 5.74) is 5.30. The van der Waals surface area contributed by atoms with E-state index in [0.29, 0.717) is 67.8 Å². The lowest BCUT2D eigenvalue weighted by Crippen LogP contribution is -2.60. The Morgan fingerprint density at radius 1 is 0.603 bits per heavy atom. The number of fused-ring (bicyclic) bond motifs is 15. The number of ether oxygens (including phenoxy) is 6. The average molecular weight is 1850 g/mol. The number of phenolic OH excluding ortho intramolecular Hbond substituents is 3. The van der Waals surface area contributed by atoms with Crippen LogP contribution in [0.5, 0.6) is 57.5 Å². The van der Waals surface area contributed by atoms with Crippen LogP contribution < -0.4 is 77.3 Å². The Labute approximate surface area is 770 Å². The molecule has 7 amide bonds. The number of halogens is 2. The molecule has 35 heteroatoms. The van der Waals surface area contributed by atoms with Crippen molar-refractivity contribution in [3.05, 3.63) is 134 Å². The predicted octanol–water partition coefficient (Wildman–Crippen LogP) is 9.75. The summed E-state index contributed by atoms with van der Waals surface area (Å²) in [7, 11) is 0. The molecule has 19 N–H and O–H groups in total. The number of aromatic hydroxyl groups is 3. The quantitative estimate of drug-likeness (QED) is 0.0175. The molecule has 16 rings (SSSR count). The van der Waals surface area contributed by atoms with E-state index >= 15 is 33.6 Å². The summed E-state index contributed by atoms with van der Waals surface area (Å²) in [6, 6.07) is 9.29. The number of aliphatic hydroxyl groups is 5. The molecule has 0 spiro atoms. The van der Waals surface area contributed by atoms with Gasteiger partial charge in [0.2, 0.25) is 41.6 Å². The summed E-state index contributed by atoms with van der Waals surface area (Å²) >= 11 is 14.5. The molecule has 15 bridgehead atoms. The van der Waals surface area contributed by atoms with Crippen molar-refractivity contribution in [1.29, 1.82) is 0 Å². The van der Waals surface area contributed by atoms with Crippen LogP contribution in [0.15, 0.2) is 91.0 Å². The fourth-order valence-corrected chi connectivity index (χ4v) is 20.0. The number of Topliss-reactive ketones (excluding diaryl/α,β-unsaturated/α-hetero) is 3. The van der Waals surface area contributed by atoms with E-state index in [9.17, 15) is 50.4 Å². The fraction of sp³-hybridized carbons (Fsp3) is 0.531. The number of aliphatic hydroxyl groups excluding tert-OH is 5. The zero-order valence-corrected chi connectivity index (χ0v) is 75.9. The van der Waals surface area contributed by atoms with Crippen molar-refractivity contribution < 1.29 is 112 Å². The second kappa shape index (κ2) is 44.5. The van der Waals surface area contributed by atoms with Gasteiger partial charge in [-0.2, -0.15) is 0 Å². The third-order valence-corrected chi connectivity index (χ3v) is 26.6. The molecular weight excluding hydrogens is 1730 g/mol. The number of nitrogens with two attached hydrogens (primary N) is 1. The normalized spacial score (nSPS) is 26.1. The van der Waals surface area contributed by atoms with Gasteiger partial charge in [0.15, 0.2) is 28.8 Å². The van der Waals surface area contributed by atoms with Gasteiger partial charge in [0.25, 0.3) is 0 Å². The smallest absolute Gasteiger partial charge is 0.325 e. The highest BCUT2D eigenvalue weighted by Crippen LogP contribution is 2.59. The van der Waals surface area contributed by atoms with Gasteiger partial charge in [0, 0.05) is 91.8 Å². The van der Waals surface area contributed by atoms with Gasteiger partial charge in [-0.15, -0.1) is 0 Å². The molecule has 6 aliphatic heterocycles. The zero-order chi connectivity index (χ0) is 93.8. The summed E-state index contributed by atoms with van der Waals surface area (Å²) in [6.45, 7) is 15.5. The van der Waals surface area contributed by atoms with Gasteiger partial charge in [0.05, 0.1) is 21.9 Å². The molecule has 131 heavy (non-hydrogen) atoms. The van der Waals surface area contributed by atoms with Crippen LogP contribution in [0.4, 0.5) is 10.5 Å². The second-order valence-electron chi connectivity index (χ2n) is 36.0. The van der Waals surface area contributed by atoms with Gasteiger partial charge in [-0.05, 0) is 221 Å². The molecule has 33 nitrogen and oxygen atoms in total. The van der Waals surface area contributed by atoms with Crippen LogP contribution in [-0.4, -0.2) is 196 Å². The lowest BCUT2D eigenvalue weighted by molar-refractivity contribution is -0.270. The Balaban J connectivity index is 0.965. The predicted molar refractivity (Wildman–Crippen MR) is 484 cm³/mol. The highest BCUT2D eigenvalue weighted by Gasteiger charge is 2.51. The number of phenols is 3. The van der Waals surface area contributed by atoms with Crippen LogP contribution in [0.1, 0.15) is 201 Å². The van der Waals surface area contributed by atoms with Gasteiger partial charge >= 0.3 is 6.03 Å². The SMILES string of the molecule is CCCNCCCc1c(OCCNCCC)cc(NC(=O)NC(=O)C[C@@H]2CC(=O)[C@H](NC(=O)[C@H](CC)CC(C)C)[C@H](O)c3ccc(c(Cl)c3)Oc3cc4cc(c3O[C@@H]3O[C@H](CN)[C@@H](O)[C@H](O)[C@H]3O)Oc3ccc(cc3Cl)[C@@H](O)[C@@H]3NC(=O)[C@H](CC(=O)[C@@H]4NC2=O)c2ccc(O)c(c2)-c2c(O)cc(O)cc2[C@@H](C(=O)CC2C4CC5CC(C4)CC2C5)NC3=O)cc1OCCNCCC. The highest BCUT2D eigenvalue weighted by molar-refractivity contribution is 6.32. The first kappa shape index (κ1) is 98.2. The minimum absolute atomic E-state index is 0.0528. The van der Waals surface area contributed by atoms with E-state index in [1.807, 2.05) is 27.7 Å².